The molecule has 100 valence electrons. The topological polar surface area (TPSA) is 17.1 Å². The molecule has 2 atom stereocenters. The van der Waals surface area contributed by atoms with Crippen molar-refractivity contribution in [3.63, 3.8) is 0 Å². The summed E-state index contributed by atoms with van der Waals surface area (Å²) in [7, 11) is 0. The smallest absolute Gasteiger partial charge is 0.135 e. The quantitative estimate of drug-likeness (QED) is 0.536. The molecular weight excluding hydrogens is 208 g/mol. The van der Waals surface area contributed by atoms with Gasteiger partial charge in [0.2, 0.25) is 0 Å². The molecule has 0 aromatic rings. The zero-order valence-corrected chi connectivity index (χ0v) is 11.8. The first kappa shape index (κ1) is 14.7. The van der Waals surface area contributed by atoms with Crippen molar-refractivity contribution in [2.75, 3.05) is 0 Å². The van der Waals surface area contributed by atoms with Crippen molar-refractivity contribution in [1.82, 2.24) is 0 Å². The van der Waals surface area contributed by atoms with E-state index in [-0.39, 0.29) is 0 Å². The van der Waals surface area contributed by atoms with Gasteiger partial charge in [0.05, 0.1) is 0 Å². The average molecular weight is 238 g/mol. The van der Waals surface area contributed by atoms with Crippen LogP contribution in [0.2, 0.25) is 0 Å². The molecule has 0 heterocycles. The van der Waals surface area contributed by atoms with Crippen molar-refractivity contribution < 1.29 is 4.79 Å². The molecule has 0 spiro atoms. The van der Waals surface area contributed by atoms with Crippen molar-refractivity contribution in [2.45, 2.75) is 84.5 Å². The van der Waals surface area contributed by atoms with E-state index in [4.69, 9.17) is 0 Å². The van der Waals surface area contributed by atoms with E-state index in [9.17, 15) is 4.79 Å². The third-order valence-corrected chi connectivity index (χ3v) is 4.36. The highest BCUT2D eigenvalue weighted by Gasteiger charge is 2.26. The lowest BCUT2D eigenvalue weighted by Crippen LogP contribution is -2.24. The van der Waals surface area contributed by atoms with Gasteiger partial charge in [-0.05, 0) is 25.2 Å². The molecule has 1 saturated carbocycles. The minimum absolute atomic E-state index is 0.417. The Morgan fingerprint density at radius 2 is 1.76 bits per heavy atom. The Balaban J connectivity index is 2.10. The fraction of sp³-hybridized carbons (Fsp3) is 0.938. The standard InChI is InChI=1S/C16H30O/c1-3-5-6-7-8-9-10-15-13-14(4-2)11-12-16(15)17/h14-15H,3-13H2,1-2H3. The minimum Gasteiger partial charge on any atom is -0.299 e. The maximum absolute atomic E-state index is 11.8. The van der Waals surface area contributed by atoms with Gasteiger partial charge < -0.3 is 0 Å². The third kappa shape index (κ3) is 5.70. The molecule has 0 aromatic heterocycles. The van der Waals surface area contributed by atoms with Crippen molar-refractivity contribution >= 4 is 5.78 Å². The normalized spacial score (nSPS) is 25.2. The third-order valence-electron chi connectivity index (χ3n) is 4.36. The number of carbonyl (C=O) groups excluding carboxylic acids is 1. The molecule has 1 nitrogen and oxygen atoms in total. The van der Waals surface area contributed by atoms with Crippen LogP contribution in [-0.2, 0) is 4.79 Å². The first-order valence-electron chi connectivity index (χ1n) is 7.80. The van der Waals surface area contributed by atoms with Crippen LogP contribution in [0.5, 0.6) is 0 Å². The summed E-state index contributed by atoms with van der Waals surface area (Å²) in [6.45, 7) is 4.52. The Morgan fingerprint density at radius 3 is 2.47 bits per heavy atom. The van der Waals surface area contributed by atoms with Gasteiger partial charge in [-0.1, -0.05) is 58.8 Å². The lowest BCUT2D eigenvalue weighted by molar-refractivity contribution is -0.125. The van der Waals surface area contributed by atoms with Crippen LogP contribution in [0.3, 0.4) is 0 Å². The molecule has 1 rings (SSSR count). The monoisotopic (exact) mass is 238 g/mol. The molecule has 0 aliphatic heterocycles. The molecule has 0 saturated heterocycles. The zero-order chi connectivity index (χ0) is 12.5. The van der Waals surface area contributed by atoms with E-state index in [1.54, 1.807) is 0 Å². The Hall–Kier alpha value is -0.330. The molecular formula is C16H30O. The van der Waals surface area contributed by atoms with Gasteiger partial charge in [-0.15, -0.1) is 0 Å². The lowest BCUT2D eigenvalue weighted by atomic mass is 9.77. The maximum atomic E-state index is 11.8. The van der Waals surface area contributed by atoms with Crippen molar-refractivity contribution in [2.24, 2.45) is 11.8 Å². The summed E-state index contributed by atoms with van der Waals surface area (Å²) in [6, 6.07) is 0. The highest BCUT2D eigenvalue weighted by Crippen LogP contribution is 2.31. The van der Waals surface area contributed by atoms with E-state index in [1.807, 2.05) is 0 Å². The molecule has 1 heteroatoms. The summed E-state index contributed by atoms with van der Waals surface area (Å²) in [6.07, 6.45) is 13.7. The van der Waals surface area contributed by atoms with Gasteiger partial charge in [0.1, 0.15) is 5.78 Å². The largest absolute Gasteiger partial charge is 0.299 e. The van der Waals surface area contributed by atoms with E-state index >= 15 is 0 Å². The van der Waals surface area contributed by atoms with Crippen molar-refractivity contribution in [3.05, 3.63) is 0 Å². The second-order valence-electron chi connectivity index (χ2n) is 5.77. The summed E-state index contributed by atoms with van der Waals surface area (Å²) in [5.41, 5.74) is 0. The highest BCUT2D eigenvalue weighted by atomic mass is 16.1. The number of ketones is 1. The Morgan fingerprint density at radius 1 is 1.06 bits per heavy atom. The Bertz CT molecular complexity index is 210. The molecule has 0 bridgehead atoms. The van der Waals surface area contributed by atoms with Crippen LogP contribution >= 0.6 is 0 Å². The number of Topliss-reactive ketones (excluding diaryl/α,β-unsaturated/α-hetero) is 1. The van der Waals surface area contributed by atoms with Gasteiger partial charge in [-0.3, -0.25) is 4.79 Å². The van der Waals surface area contributed by atoms with Crippen LogP contribution in [0.1, 0.15) is 84.5 Å². The number of rotatable bonds is 8. The van der Waals surface area contributed by atoms with E-state index in [0.717, 1.165) is 18.8 Å². The second-order valence-corrected chi connectivity index (χ2v) is 5.77. The van der Waals surface area contributed by atoms with Crippen LogP contribution in [0, 0.1) is 11.8 Å². The molecule has 0 aromatic carbocycles. The molecule has 0 N–H and O–H groups in total. The predicted molar refractivity (Wildman–Crippen MR) is 74.1 cm³/mol. The fourth-order valence-electron chi connectivity index (χ4n) is 3.02. The van der Waals surface area contributed by atoms with Crippen LogP contribution in [0.25, 0.3) is 0 Å². The zero-order valence-electron chi connectivity index (χ0n) is 11.8. The first-order chi connectivity index (χ1) is 8.27. The van der Waals surface area contributed by atoms with Crippen LogP contribution < -0.4 is 0 Å². The molecule has 2 unspecified atom stereocenters. The summed E-state index contributed by atoms with van der Waals surface area (Å²) in [5.74, 6) is 1.81. The van der Waals surface area contributed by atoms with Gasteiger partial charge in [-0.2, -0.15) is 0 Å². The molecule has 1 aliphatic rings. The van der Waals surface area contributed by atoms with Crippen molar-refractivity contribution in [1.29, 1.82) is 0 Å². The second kappa shape index (κ2) is 8.72. The van der Waals surface area contributed by atoms with E-state index in [2.05, 4.69) is 13.8 Å². The Kier molecular flexibility index (Phi) is 7.55. The van der Waals surface area contributed by atoms with Crippen molar-refractivity contribution in [3.8, 4) is 0 Å². The summed E-state index contributed by atoms with van der Waals surface area (Å²) in [4.78, 5) is 11.8. The highest BCUT2D eigenvalue weighted by molar-refractivity contribution is 5.81. The van der Waals surface area contributed by atoms with E-state index in [0.29, 0.717) is 11.7 Å². The first-order valence-corrected chi connectivity index (χ1v) is 7.80. The SMILES string of the molecule is CCCCCCCCC1CC(CC)CCC1=O. The van der Waals surface area contributed by atoms with E-state index in [1.165, 1.54) is 57.8 Å². The molecule has 0 radical (unpaired) electrons. The summed E-state index contributed by atoms with van der Waals surface area (Å²) >= 11 is 0. The Labute approximate surface area is 107 Å². The summed E-state index contributed by atoms with van der Waals surface area (Å²) < 4.78 is 0. The summed E-state index contributed by atoms with van der Waals surface area (Å²) in [5, 5.41) is 0. The maximum Gasteiger partial charge on any atom is 0.135 e. The van der Waals surface area contributed by atoms with Gasteiger partial charge in [0, 0.05) is 12.3 Å². The fourth-order valence-corrected chi connectivity index (χ4v) is 3.02. The van der Waals surface area contributed by atoms with Gasteiger partial charge in [0.15, 0.2) is 0 Å². The van der Waals surface area contributed by atoms with Crippen LogP contribution in [0.4, 0.5) is 0 Å². The molecule has 0 amide bonds. The van der Waals surface area contributed by atoms with Gasteiger partial charge >= 0.3 is 0 Å². The molecule has 1 fully saturated rings. The van der Waals surface area contributed by atoms with E-state index < -0.39 is 0 Å². The average Bonchev–Trinajstić information content (AvgIpc) is 2.35. The van der Waals surface area contributed by atoms with Crippen LogP contribution in [0.15, 0.2) is 0 Å². The lowest BCUT2D eigenvalue weighted by Gasteiger charge is -2.27. The molecule has 1 aliphatic carbocycles. The molecule has 17 heavy (non-hydrogen) atoms. The van der Waals surface area contributed by atoms with Gasteiger partial charge in [-0.25, -0.2) is 0 Å². The van der Waals surface area contributed by atoms with Gasteiger partial charge in [0.25, 0.3) is 0 Å². The number of unbranched alkanes of at least 4 members (excludes halogenated alkanes) is 5. The van der Waals surface area contributed by atoms with Crippen LogP contribution in [-0.4, -0.2) is 5.78 Å². The number of hydrogen-bond donors (Lipinski definition) is 0. The minimum atomic E-state index is 0.417. The number of hydrogen-bond acceptors (Lipinski definition) is 1. The number of carbonyl (C=O) groups is 1. The predicted octanol–water partition coefficient (Wildman–Crippen LogP) is 5.13.